The van der Waals surface area contributed by atoms with Crippen molar-refractivity contribution in [1.29, 1.82) is 0 Å². The fourth-order valence-electron chi connectivity index (χ4n) is 0.719. The van der Waals surface area contributed by atoms with Crippen LogP contribution in [0.5, 0.6) is 0 Å². The Hall–Kier alpha value is -0.830. The monoisotopic (exact) mass is 157 g/mol. The lowest BCUT2D eigenvalue weighted by Crippen LogP contribution is -2.30. The largest absolute Gasteiger partial charge is 0.394 e. The molecule has 0 unspecified atom stereocenters. The molecular formula is C8H15NO2. The lowest BCUT2D eigenvalue weighted by atomic mass is 10.2. The van der Waals surface area contributed by atoms with Crippen molar-refractivity contribution in [3.63, 3.8) is 0 Å². The van der Waals surface area contributed by atoms with Gasteiger partial charge in [-0.3, -0.25) is 4.79 Å². The molecule has 1 amide bonds. The number of hydrogen-bond acceptors (Lipinski definition) is 2. The first-order valence-corrected chi connectivity index (χ1v) is 3.80. The molecule has 0 aromatic rings. The van der Waals surface area contributed by atoms with Gasteiger partial charge in [-0.2, -0.15) is 0 Å². The Morgan fingerprint density at radius 3 is 2.73 bits per heavy atom. The van der Waals surface area contributed by atoms with Crippen molar-refractivity contribution < 1.29 is 9.90 Å². The molecule has 0 bridgehead atoms. The molecular weight excluding hydrogens is 142 g/mol. The van der Waals surface area contributed by atoms with Crippen LogP contribution in [0.15, 0.2) is 12.2 Å². The molecule has 0 aromatic carbocycles. The van der Waals surface area contributed by atoms with Crippen LogP contribution < -0.4 is 5.32 Å². The first-order chi connectivity index (χ1) is 5.35. The maximum Gasteiger partial charge on any atom is 0.207 e. The van der Waals surface area contributed by atoms with Crippen LogP contribution >= 0.6 is 0 Å². The molecule has 3 nitrogen and oxygen atoms in total. The molecule has 0 saturated carbocycles. The van der Waals surface area contributed by atoms with E-state index < -0.39 is 0 Å². The molecule has 0 radical (unpaired) electrons. The molecule has 3 heteroatoms. The highest BCUT2D eigenvalue weighted by Crippen LogP contribution is 1.92. The van der Waals surface area contributed by atoms with Crippen molar-refractivity contribution in [2.45, 2.75) is 25.8 Å². The summed E-state index contributed by atoms with van der Waals surface area (Å²) in [5, 5.41) is 11.2. The first-order valence-electron chi connectivity index (χ1n) is 3.80. The summed E-state index contributed by atoms with van der Waals surface area (Å²) in [7, 11) is 0. The van der Waals surface area contributed by atoms with Crippen molar-refractivity contribution in [3.05, 3.63) is 12.2 Å². The number of aliphatic hydroxyl groups excluding tert-OH is 1. The SMILES string of the molecule is CC/C=C/C[C@@H](CO)NC=O. The van der Waals surface area contributed by atoms with Gasteiger partial charge in [0, 0.05) is 0 Å². The molecule has 2 N–H and O–H groups in total. The van der Waals surface area contributed by atoms with Gasteiger partial charge in [-0.15, -0.1) is 0 Å². The Kier molecular flexibility index (Phi) is 6.73. The molecule has 0 aliphatic rings. The van der Waals surface area contributed by atoms with Crippen molar-refractivity contribution in [2.75, 3.05) is 6.61 Å². The van der Waals surface area contributed by atoms with E-state index in [-0.39, 0.29) is 12.6 Å². The molecule has 11 heavy (non-hydrogen) atoms. The number of carbonyl (C=O) groups excluding carboxylic acids is 1. The predicted octanol–water partition coefficient (Wildman–Crippen LogP) is 0.450. The Bertz CT molecular complexity index is 123. The first kappa shape index (κ1) is 10.2. The Morgan fingerprint density at radius 2 is 2.27 bits per heavy atom. The Labute approximate surface area is 67.1 Å². The molecule has 0 rings (SSSR count). The van der Waals surface area contributed by atoms with Crippen molar-refractivity contribution in [3.8, 4) is 0 Å². The molecule has 64 valence electrons. The van der Waals surface area contributed by atoms with Crippen molar-refractivity contribution in [1.82, 2.24) is 5.32 Å². The van der Waals surface area contributed by atoms with Gasteiger partial charge in [0.2, 0.25) is 6.41 Å². The van der Waals surface area contributed by atoms with E-state index in [0.717, 1.165) is 6.42 Å². The summed E-state index contributed by atoms with van der Waals surface area (Å²) in [6.45, 7) is 2.03. The van der Waals surface area contributed by atoms with E-state index in [9.17, 15) is 4.79 Å². The van der Waals surface area contributed by atoms with Crippen LogP contribution in [0.25, 0.3) is 0 Å². The van der Waals surface area contributed by atoms with Gasteiger partial charge in [-0.05, 0) is 12.8 Å². The van der Waals surface area contributed by atoms with Gasteiger partial charge < -0.3 is 10.4 Å². The van der Waals surface area contributed by atoms with E-state index in [1.807, 2.05) is 19.1 Å². The van der Waals surface area contributed by atoms with Gasteiger partial charge in [-0.25, -0.2) is 0 Å². The Balaban J connectivity index is 3.50. The third-order valence-electron chi connectivity index (χ3n) is 1.35. The van der Waals surface area contributed by atoms with Crippen LogP contribution in [0, 0.1) is 0 Å². The highest BCUT2D eigenvalue weighted by molar-refractivity contribution is 5.46. The molecule has 0 aromatic heterocycles. The number of rotatable bonds is 6. The van der Waals surface area contributed by atoms with Gasteiger partial charge in [0.25, 0.3) is 0 Å². The van der Waals surface area contributed by atoms with Crippen LogP contribution in [0.4, 0.5) is 0 Å². The average Bonchev–Trinajstić information content (AvgIpc) is 2.03. The second kappa shape index (κ2) is 7.28. The molecule has 1 atom stereocenters. The van der Waals surface area contributed by atoms with E-state index >= 15 is 0 Å². The van der Waals surface area contributed by atoms with Crippen molar-refractivity contribution in [2.24, 2.45) is 0 Å². The number of aliphatic hydroxyl groups is 1. The minimum Gasteiger partial charge on any atom is -0.394 e. The van der Waals surface area contributed by atoms with Crippen molar-refractivity contribution >= 4 is 6.41 Å². The predicted molar refractivity (Wildman–Crippen MR) is 44.1 cm³/mol. The topological polar surface area (TPSA) is 49.3 Å². The summed E-state index contributed by atoms with van der Waals surface area (Å²) in [6.07, 6.45) is 6.26. The normalized spacial score (nSPS) is 13.3. The highest BCUT2D eigenvalue weighted by Gasteiger charge is 2.00. The number of allylic oxidation sites excluding steroid dienone is 1. The number of amides is 1. The maximum absolute atomic E-state index is 9.96. The molecule has 0 saturated heterocycles. The zero-order valence-electron chi connectivity index (χ0n) is 6.79. The summed E-state index contributed by atoms with van der Waals surface area (Å²) >= 11 is 0. The van der Waals surface area contributed by atoms with E-state index in [1.165, 1.54) is 0 Å². The summed E-state index contributed by atoms with van der Waals surface area (Å²) < 4.78 is 0. The maximum atomic E-state index is 9.96. The van der Waals surface area contributed by atoms with Crippen LogP contribution in [-0.4, -0.2) is 24.2 Å². The van der Waals surface area contributed by atoms with Gasteiger partial charge >= 0.3 is 0 Å². The summed E-state index contributed by atoms with van der Waals surface area (Å²) in [4.78, 5) is 9.96. The zero-order valence-corrected chi connectivity index (χ0v) is 6.79. The van der Waals surface area contributed by atoms with Crippen LogP contribution in [0.2, 0.25) is 0 Å². The van der Waals surface area contributed by atoms with E-state index in [1.54, 1.807) is 0 Å². The van der Waals surface area contributed by atoms with Gasteiger partial charge in [0.1, 0.15) is 0 Å². The smallest absolute Gasteiger partial charge is 0.207 e. The third kappa shape index (κ3) is 5.61. The zero-order chi connectivity index (χ0) is 8.53. The second-order valence-electron chi connectivity index (χ2n) is 2.28. The molecule has 0 fully saturated rings. The number of hydrogen-bond donors (Lipinski definition) is 2. The number of carbonyl (C=O) groups is 1. The third-order valence-corrected chi connectivity index (χ3v) is 1.35. The van der Waals surface area contributed by atoms with E-state index in [4.69, 9.17) is 5.11 Å². The quantitative estimate of drug-likeness (QED) is 0.434. The fraction of sp³-hybridized carbons (Fsp3) is 0.625. The minimum absolute atomic E-state index is 0.00715. The minimum atomic E-state index is -0.129. The standard InChI is InChI=1S/C8H15NO2/c1-2-3-4-5-8(6-10)9-7-11/h3-4,7-8,10H,2,5-6H2,1H3,(H,9,11)/b4-3+/t8-/m0/s1. The van der Waals surface area contributed by atoms with Crippen LogP contribution in [0.3, 0.4) is 0 Å². The summed E-state index contributed by atoms with van der Waals surface area (Å²) in [5.74, 6) is 0. The second-order valence-corrected chi connectivity index (χ2v) is 2.28. The lowest BCUT2D eigenvalue weighted by molar-refractivity contribution is -0.110. The highest BCUT2D eigenvalue weighted by atomic mass is 16.3. The average molecular weight is 157 g/mol. The molecule has 0 spiro atoms. The van der Waals surface area contributed by atoms with Gasteiger partial charge in [0.15, 0.2) is 0 Å². The molecule has 0 heterocycles. The Morgan fingerprint density at radius 1 is 1.55 bits per heavy atom. The fourth-order valence-corrected chi connectivity index (χ4v) is 0.719. The van der Waals surface area contributed by atoms with Crippen LogP contribution in [0.1, 0.15) is 19.8 Å². The van der Waals surface area contributed by atoms with Gasteiger partial charge in [0.05, 0.1) is 12.6 Å². The summed E-state index contributed by atoms with van der Waals surface area (Å²) in [5.41, 5.74) is 0. The van der Waals surface area contributed by atoms with E-state index in [2.05, 4.69) is 5.32 Å². The molecule has 0 aliphatic heterocycles. The van der Waals surface area contributed by atoms with E-state index in [0.29, 0.717) is 12.8 Å². The molecule has 0 aliphatic carbocycles. The summed E-state index contributed by atoms with van der Waals surface area (Å²) in [6, 6.07) is -0.129. The van der Waals surface area contributed by atoms with Gasteiger partial charge in [-0.1, -0.05) is 19.1 Å². The number of nitrogens with one attached hydrogen (secondary N) is 1. The van der Waals surface area contributed by atoms with Crippen LogP contribution in [-0.2, 0) is 4.79 Å². The lowest BCUT2D eigenvalue weighted by Gasteiger charge is -2.08.